The number of benzene rings is 2. The van der Waals surface area contributed by atoms with E-state index in [0.717, 1.165) is 76.0 Å². The molecule has 0 aliphatic carbocycles. The number of carbonyl (C=O) groups excluding carboxylic acids is 1. The molecule has 0 atom stereocenters. The predicted molar refractivity (Wildman–Crippen MR) is 241 cm³/mol. The Morgan fingerprint density at radius 3 is 1.86 bits per heavy atom. The Morgan fingerprint density at radius 2 is 1.23 bits per heavy atom. The highest BCUT2D eigenvalue weighted by atomic mass is 32.1. The second-order valence-electron chi connectivity index (χ2n) is 16.4. The summed E-state index contributed by atoms with van der Waals surface area (Å²) in [4.78, 5) is 31.3. The molecule has 6 nitrogen and oxygen atoms in total. The Balaban J connectivity index is 0.881. The summed E-state index contributed by atoms with van der Waals surface area (Å²) in [6.07, 6.45) is 30.6. The highest BCUT2D eigenvalue weighted by Crippen LogP contribution is 2.31. The molecule has 308 valence electrons. The number of rotatable bonds is 29. The number of thiophene rings is 1. The third-order valence-corrected chi connectivity index (χ3v) is 12.8. The molecule has 2 aromatic heterocycles. The zero-order valence-corrected chi connectivity index (χ0v) is 35.8. The molecule has 7 heteroatoms. The van der Waals surface area contributed by atoms with E-state index in [0.29, 0.717) is 18.5 Å². The average molecular weight is 784 g/mol. The van der Waals surface area contributed by atoms with Crippen molar-refractivity contribution in [3.63, 3.8) is 0 Å². The van der Waals surface area contributed by atoms with Gasteiger partial charge in [0.1, 0.15) is 5.75 Å². The maximum Gasteiger partial charge on any atom is 0.257 e. The van der Waals surface area contributed by atoms with Gasteiger partial charge in [0.15, 0.2) is 0 Å². The number of hydrogen-bond acceptors (Lipinski definition) is 6. The summed E-state index contributed by atoms with van der Waals surface area (Å²) in [5, 5.41) is 4.45. The standard InChI is InChI=1S/C49H73N3O3S/c1-2-3-4-5-6-7-8-9-10-11-12-13-14-15-16-17-18-19-20-21-22-28-48(53)52-46-41-43(31-29-42(46)30-32-49(52)54)55-39-24-23-34-50-35-37-51(38-36-50)45-26-25-27-47-44(45)33-40-56-47/h25-27,29-33,40-41H,2-24,28,34-39H2,1H3. The van der Waals surface area contributed by atoms with Crippen LogP contribution in [0.15, 0.2) is 64.8 Å². The van der Waals surface area contributed by atoms with Gasteiger partial charge >= 0.3 is 0 Å². The van der Waals surface area contributed by atoms with E-state index in [1.54, 1.807) is 0 Å². The monoisotopic (exact) mass is 784 g/mol. The Kier molecular flexibility index (Phi) is 20.4. The molecule has 1 saturated heterocycles. The minimum absolute atomic E-state index is 0.109. The number of aromatic nitrogens is 1. The quantitative estimate of drug-likeness (QED) is 0.0513. The highest BCUT2D eigenvalue weighted by molar-refractivity contribution is 7.17. The second-order valence-corrected chi connectivity index (χ2v) is 17.4. The third-order valence-electron chi connectivity index (χ3n) is 11.9. The SMILES string of the molecule is CCCCCCCCCCCCCCCCCCCCCCCC(=O)n1c(=O)ccc2ccc(OCCCCN3CCN(c4cccc5sccc45)CC3)cc21. The molecule has 0 radical (unpaired) electrons. The summed E-state index contributed by atoms with van der Waals surface area (Å²) in [6.45, 7) is 8.26. The van der Waals surface area contributed by atoms with Crippen LogP contribution in [-0.4, -0.2) is 54.7 Å². The number of pyridine rings is 1. The van der Waals surface area contributed by atoms with Gasteiger partial charge in [-0.25, -0.2) is 4.57 Å². The highest BCUT2D eigenvalue weighted by Gasteiger charge is 2.19. The third kappa shape index (κ3) is 15.0. The number of carbonyl (C=O) groups is 1. The van der Waals surface area contributed by atoms with E-state index in [9.17, 15) is 9.59 Å². The van der Waals surface area contributed by atoms with Crippen molar-refractivity contribution in [3.8, 4) is 5.75 Å². The van der Waals surface area contributed by atoms with Crippen LogP contribution in [0, 0.1) is 0 Å². The van der Waals surface area contributed by atoms with E-state index < -0.39 is 0 Å². The molecule has 4 aromatic rings. The zero-order valence-electron chi connectivity index (χ0n) is 35.0. The first kappa shape index (κ1) is 44.0. The minimum Gasteiger partial charge on any atom is -0.494 e. The number of piperazine rings is 1. The Bertz CT molecular complexity index is 1740. The normalized spacial score (nSPS) is 13.6. The van der Waals surface area contributed by atoms with Crippen molar-refractivity contribution in [2.75, 3.05) is 44.2 Å². The van der Waals surface area contributed by atoms with Gasteiger partial charge in [-0.1, -0.05) is 141 Å². The fourth-order valence-corrected chi connectivity index (χ4v) is 9.28. The van der Waals surface area contributed by atoms with E-state index in [1.165, 1.54) is 142 Å². The van der Waals surface area contributed by atoms with Gasteiger partial charge in [-0.05, 0) is 73.0 Å². The van der Waals surface area contributed by atoms with Crippen molar-refractivity contribution in [2.24, 2.45) is 0 Å². The molecule has 0 N–H and O–H groups in total. The molecular weight excluding hydrogens is 711 g/mol. The Morgan fingerprint density at radius 1 is 0.643 bits per heavy atom. The zero-order chi connectivity index (χ0) is 39.0. The number of unbranched alkanes of at least 4 members (excludes halogenated alkanes) is 21. The van der Waals surface area contributed by atoms with E-state index in [-0.39, 0.29) is 11.5 Å². The van der Waals surface area contributed by atoms with Crippen molar-refractivity contribution in [2.45, 2.75) is 161 Å². The molecule has 2 aromatic carbocycles. The topological polar surface area (TPSA) is 54.8 Å². The van der Waals surface area contributed by atoms with Gasteiger partial charge in [0, 0.05) is 60.5 Å². The number of ether oxygens (including phenoxy) is 1. The fourth-order valence-electron chi connectivity index (χ4n) is 8.47. The first-order chi connectivity index (χ1) is 27.6. The van der Waals surface area contributed by atoms with Crippen molar-refractivity contribution < 1.29 is 9.53 Å². The number of fused-ring (bicyclic) bond motifs is 2. The van der Waals surface area contributed by atoms with E-state index >= 15 is 0 Å². The molecule has 3 heterocycles. The number of hydrogen-bond donors (Lipinski definition) is 0. The van der Waals surface area contributed by atoms with Gasteiger partial charge in [-0.2, -0.15) is 0 Å². The molecule has 0 unspecified atom stereocenters. The first-order valence-electron chi connectivity index (χ1n) is 22.9. The summed E-state index contributed by atoms with van der Waals surface area (Å²) in [7, 11) is 0. The summed E-state index contributed by atoms with van der Waals surface area (Å²) in [5.41, 5.74) is 1.76. The molecule has 1 aliphatic heterocycles. The molecule has 0 bridgehead atoms. The van der Waals surface area contributed by atoms with Crippen LogP contribution in [0.5, 0.6) is 5.75 Å². The van der Waals surface area contributed by atoms with E-state index in [2.05, 4.69) is 46.4 Å². The lowest BCUT2D eigenvalue weighted by molar-refractivity contribution is 0.0900. The lowest BCUT2D eigenvalue weighted by Gasteiger charge is -2.36. The van der Waals surface area contributed by atoms with Gasteiger partial charge in [0.25, 0.3) is 5.56 Å². The second kappa shape index (κ2) is 26.0. The molecule has 0 amide bonds. The molecular formula is C49H73N3O3S. The van der Waals surface area contributed by atoms with Crippen molar-refractivity contribution in [1.82, 2.24) is 9.47 Å². The lowest BCUT2D eigenvalue weighted by atomic mass is 10.0. The van der Waals surface area contributed by atoms with Crippen molar-refractivity contribution in [3.05, 3.63) is 70.3 Å². The van der Waals surface area contributed by atoms with Crippen LogP contribution >= 0.6 is 11.3 Å². The smallest absolute Gasteiger partial charge is 0.257 e. The van der Waals surface area contributed by atoms with Crippen LogP contribution in [0.3, 0.4) is 0 Å². The molecule has 1 aliphatic rings. The summed E-state index contributed by atoms with van der Waals surface area (Å²) < 4.78 is 8.88. The van der Waals surface area contributed by atoms with Gasteiger partial charge in [-0.3, -0.25) is 14.5 Å². The van der Waals surface area contributed by atoms with Gasteiger partial charge in [0.05, 0.1) is 12.1 Å². The fraction of sp³-hybridized carbons (Fsp3) is 0.633. The largest absolute Gasteiger partial charge is 0.494 e. The van der Waals surface area contributed by atoms with Crippen LogP contribution in [0.4, 0.5) is 5.69 Å². The maximum absolute atomic E-state index is 13.3. The van der Waals surface area contributed by atoms with Crippen LogP contribution in [0.1, 0.15) is 166 Å². The molecule has 56 heavy (non-hydrogen) atoms. The predicted octanol–water partition coefficient (Wildman–Crippen LogP) is 13.4. The number of nitrogens with zero attached hydrogens (tertiary/aromatic N) is 3. The minimum atomic E-state index is -0.254. The van der Waals surface area contributed by atoms with Crippen molar-refractivity contribution in [1.29, 1.82) is 0 Å². The number of anilines is 1. The van der Waals surface area contributed by atoms with Gasteiger partial charge in [-0.15, -0.1) is 11.3 Å². The first-order valence-corrected chi connectivity index (χ1v) is 23.8. The summed E-state index contributed by atoms with van der Waals surface area (Å²) in [6, 6.07) is 18.0. The Hall–Kier alpha value is -3.16. The van der Waals surface area contributed by atoms with Gasteiger partial charge < -0.3 is 9.64 Å². The summed E-state index contributed by atoms with van der Waals surface area (Å²) in [5.74, 6) is 0.609. The van der Waals surface area contributed by atoms with Crippen LogP contribution in [-0.2, 0) is 0 Å². The van der Waals surface area contributed by atoms with E-state index in [1.807, 2.05) is 35.6 Å². The molecule has 0 spiro atoms. The Labute approximate surface area is 343 Å². The van der Waals surface area contributed by atoms with Crippen LogP contribution < -0.4 is 15.2 Å². The molecule has 1 fully saturated rings. The maximum atomic E-state index is 13.3. The van der Waals surface area contributed by atoms with Gasteiger partial charge in [0.2, 0.25) is 5.91 Å². The average Bonchev–Trinajstić information content (AvgIpc) is 3.71. The molecule has 5 rings (SSSR count). The van der Waals surface area contributed by atoms with Crippen LogP contribution in [0.25, 0.3) is 21.0 Å². The lowest BCUT2D eigenvalue weighted by Crippen LogP contribution is -2.46. The van der Waals surface area contributed by atoms with E-state index in [4.69, 9.17) is 4.74 Å². The van der Waals surface area contributed by atoms with Crippen LogP contribution in [0.2, 0.25) is 0 Å². The van der Waals surface area contributed by atoms with Crippen molar-refractivity contribution >= 4 is 43.9 Å². The molecule has 0 saturated carbocycles. The summed E-state index contributed by atoms with van der Waals surface area (Å²) >= 11 is 1.81.